The first-order chi connectivity index (χ1) is 15.0. The molecule has 7 nitrogen and oxygen atoms in total. The van der Waals surface area contributed by atoms with Gasteiger partial charge >= 0.3 is 12.3 Å². The molecule has 2 aromatic rings. The molecule has 1 spiro atoms. The molecule has 4 rings (SSSR count). The van der Waals surface area contributed by atoms with Crippen molar-refractivity contribution in [1.82, 2.24) is 15.2 Å². The van der Waals surface area contributed by atoms with Gasteiger partial charge < -0.3 is 19.7 Å². The second-order valence-electron chi connectivity index (χ2n) is 7.88. The van der Waals surface area contributed by atoms with Crippen LogP contribution < -0.4 is 10.1 Å². The molecule has 1 aliphatic carbocycles. The van der Waals surface area contributed by atoms with Crippen molar-refractivity contribution in [2.75, 3.05) is 26.7 Å². The topological polar surface area (TPSA) is 80.8 Å². The number of aromatic nitrogens is 1. The lowest BCUT2D eigenvalue weighted by Crippen LogP contribution is -2.66. The predicted molar refractivity (Wildman–Crippen MR) is 103 cm³/mol. The fourth-order valence-electron chi connectivity index (χ4n) is 4.09. The molecule has 1 N–H and O–H groups in total. The minimum atomic E-state index is -4.65. The molecule has 0 atom stereocenters. The van der Waals surface area contributed by atoms with Gasteiger partial charge in [0.15, 0.2) is 6.61 Å². The first kappa shape index (κ1) is 22.5. The van der Waals surface area contributed by atoms with Crippen molar-refractivity contribution in [3.63, 3.8) is 0 Å². The van der Waals surface area contributed by atoms with Crippen LogP contribution in [0.3, 0.4) is 0 Å². The van der Waals surface area contributed by atoms with Crippen LogP contribution in [-0.2, 0) is 10.9 Å². The Morgan fingerprint density at radius 3 is 2.62 bits per heavy atom. The number of carbonyl (C=O) groups is 2. The molecule has 0 unspecified atom stereocenters. The number of carbonyl (C=O) groups excluding carboxylic acids is 2. The van der Waals surface area contributed by atoms with Crippen LogP contribution in [0, 0.1) is 5.41 Å². The van der Waals surface area contributed by atoms with Crippen molar-refractivity contribution >= 4 is 33.6 Å². The Labute approximate surface area is 182 Å². The summed E-state index contributed by atoms with van der Waals surface area (Å²) in [6, 6.07) is 0.826. The quantitative estimate of drug-likeness (QED) is 0.658. The fourth-order valence-corrected chi connectivity index (χ4v) is 5.11. The number of halogens is 5. The smallest absolute Gasteiger partial charge is 0.418 e. The van der Waals surface area contributed by atoms with Gasteiger partial charge in [0, 0.05) is 37.0 Å². The third-order valence-corrected chi connectivity index (χ3v) is 6.53. The average Bonchev–Trinajstić information content (AvgIpc) is 3.08. The molecule has 13 heteroatoms. The Morgan fingerprint density at radius 1 is 1.34 bits per heavy atom. The van der Waals surface area contributed by atoms with Crippen LogP contribution in [0.2, 0.25) is 0 Å². The third kappa shape index (κ3) is 4.17. The van der Waals surface area contributed by atoms with Gasteiger partial charge in [0.1, 0.15) is 6.10 Å². The lowest BCUT2D eigenvalue weighted by molar-refractivity contribution is -0.136. The molecular formula is C19H18F5N3O4S. The number of thiophene rings is 1. The monoisotopic (exact) mass is 479 g/mol. The maximum absolute atomic E-state index is 13.6. The summed E-state index contributed by atoms with van der Waals surface area (Å²) < 4.78 is 74.9. The molecule has 2 amide bonds. The van der Waals surface area contributed by atoms with Gasteiger partial charge in [-0.25, -0.2) is 18.6 Å². The van der Waals surface area contributed by atoms with Crippen molar-refractivity contribution in [3.05, 3.63) is 22.6 Å². The van der Waals surface area contributed by atoms with Crippen molar-refractivity contribution in [3.8, 4) is 5.88 Å². The van der Waals surface area contributed by atoms with Crippen LogP contribution in [0.1, 0.15) is 28.8 Å². The number of nitrogens with one attached hydrogen (secondary N) is 1. The number of rotatable bonds is 5. The molecule has 2 aliphatic rings. The first-order valence-electron chi connectivity index (χ1n) is 9.59. The van der Waals surface area contributed by atoms with Crippen LogP contribution in [0.15, 0.2) is 11.4 Å². The predicted octanol–water partition coefficient (Wildman–Crippen LogP) is 3.92. The molecule has 2 aromatic heterocycles. The van der Waals surface area contributed by atoms with Gasteiger partial charge in [0.25, 0.3) is 12.3 Å². The largest absolute Gasteiger partial charge is 0.474 e. The summed E-state index contributed by atoms with van der Waals surface area (Å²) in [7, 11) is 1.37. The molecular weight excluding hydrogens is 461 g/mol. The summed E-state index contributed by atoms with van der Waals surface area (Å²) in [5, 5.41) is 3.70. The zero-order valence-electron chi connectivity index (χ0n) is 16.7. The summed E-state index contributed by atoms with van der Waals surface area (Å²) in [6.07, 6.45) is -7.69. The van der Waals surface area contributed by atoms with Crippen molar-refractivity contribution in [2.45, 2.75) is 31.5 Å². The maximum atomic E-state index is 13.6. The third-order valence-electron chi connectivity index (χ3n) is 5.53. The average molecular weight is 479 g/mol. The van der Waals surface area contributed by atoms with E-state index in [0.29, 0.717) is 25.9 Å². The van der Waals surface area contributed by atoms with E-state index in [9.17, 15) is 31.5 Å². The number of pyridine rings is 1. The number of hydrogen-bond donors (Lipinski definition) is 1. The highest BCUT2D eigenvalue weighted by atomic mass is 32.1. The molecule has 2 fully saturated rings. The Hall–Kier alpha value is -2.70. The zero-order valence-corrected chi connectivity index (χ0v) is 17.5. The summed E-state index contributed by atoms with van der Waals surface area (Å²) >= 11 is 0.784. The normalized spacial score (nSPS) is 17.9. The van der Waals surface area contributed by atoms with Crippen LogP contribution in [0.4, 0.5) is 26.7 Å². The Bertz CT molecular complexity index is 1040. The number of fused-ring (bicyclic) bond motifs is 1. The van der Waals surface area contributed by atoms with Crippen molar-refractivity contribution in [1.29, 1.82) is 0 Å². The highest BCUT2D eigenvalue weighted by molar-refractivity contribution is 7.17. The number of likely N-dealkylation sites (tertiary alicyclic amines) is 1. The molecule has 3 heterocycles. The molecule has 1 saturated carbocycles. The van der Waals surface area contributed by atoms with E-state index in [1.54, 1.807) is 0 Å². The van der Waals surface area contributed by atoms with E-state index in [1.165, 1.54) is 17.3 Å². The van der Waals surface area contributed by atoms with Crippen LogP contribution >= 0.6 is 11.3 Å². The molecule has 1 aliphatic heterocycles. The number of amides is 2. The van der Waals surface area contributed by atoms with Gasteiger partial charge in [-0.05, 0) is 12.8 Å². The first-order valence-corrected chi connectivity index (χ1v) is 10.5. The number of hydrogen-bond acceptors (Lipinski definition) is 6. The van der Waals surface area contributed by atoms with Gasteiger partial charge in [0.05, 0.1) is 21.3 Å². The second kappa shape index (κ2) is 8.01. The minimum absolute atomic E-state index is 0.0328. The standard InChI is InChI=1S/C19H18F5N3O4S/c1-25-16(28)10-6-32-15-11(19(22,23)24)2-13(26-14(10)15)31-9-3-18(4-9)7-27(8-18)17(29)30-5-12(20)21/h2,6,9,12H,3-5,7-8H2,1H3,(H,25,28). The molecule has 0 bridgehead atoms. The SMILES string of the molecule is CNC(=O)c1csc2c(C(F)(F)F)cc(OC3CC4(C3)CN(C(=O)OCC(F)F)C4)nc12. The Kier molecular flexibility index (Phi) is 5.63. The fraction of sp³-hybridized carbons (Fsp3) is 0.526. The molecule has 1 saturated heterocycles. The molecule has 174 valence electrons. The molecule has 0 aromatic carbocycles. The van der Waals surface area contributed by atoms with Gasteiger partial charge in [-0.2, -0.15) is 13.2 Å². The number of ether oxygens (including phenoxy) is 2. The van der Waals surface area contributed by atoms with Crippen LogP contribution in [0.25, 0.3) is 10.2 Å². The van der Waals surface area contributed by atoms with Crippen molar-refractivity contribution < 1.29 is 41.0 Å². The lowest BCUT2D eigenvalue weighted by atomic mass is 9.62. The Balaban J connectivity index is 1.44. The van der Waals surface area contributed by atoms with E-state index in [-0.39, 0.29) is 27.1 Å². The van der Waals surface area contributed by atoms with Gasteiger partial charge in [-0.15, -0.1) is 11.3 Å². The summed E-state index contributed by atoms with van der Waals surface area (Å²) in [4.78, 5) is 29.1. The maximum Gasteiger partial charge on any atom is 0.418 e. The lowest BCUT2D eigenvalue weighted by Gasteiger charge is -2.57. The summed E-state index contributed by atoms with van der Waals surface area (Å²) in [5.74, 6) is -0.786. The van der Waals surface area contributed by atoms with Gasteiger partial charge in [0.2, 0.25) is 5.88 Å². The zero-order chi connectivity index (χ0) is 23.3. The minimum Gasteiger partial charge on any atom is -0.474 e. The van der Waals surface area contributed by atoms with E-state index in [0.717, 1.165) is 17.4 Å². The van der Waals surface area contributed by atoms with Crippen molar-refractivity contribution in [2.24, 2.45) is 5.41 Å². The highest BCUT2D eigenvalue weighted by Gasteiger charge is 2.55. The number of alkyl halides is 5. The van der Waals surface area contributed by atoms with E-state index in [4.69, 9.17) is 4.74 Å². The van der Waals surface area contributed by atoms with Crippen LogP contribution in [-0.4, -0.2) is 61.2 Å². The van der Waals surface area contributed by atoms with E-state index < -0.39 is 42.9 Å². The van der Waals surface area contributed by atoms with E-state index in [2.05, 4.69) is 15.0 Å². The van der Waals surface area contributed by atoms with E-state index in [1.807, 2.05) is 0 Å². The second-order valence-corrected chi connectivity index (χ2v) is 8.76. The van der Waals surface area contributed by atoms with E-state index >= 15 is 0 Å². The summed E-state index contributed by atoms with van der Waals surface area (Å²) in [5.41, 5.74) is -1.24. The van der Waals surface area contributed by atoms with Gasteiger partial charge in [-0.3, -0.25) is 4.79 Å². The molecule has 32 heavy (non-hydrogen) atoms. The summed E-state index contributed by atoms with van der Waals surface area (Å²) in [6.45, 7) is -0.356. The Morgan fingerprint density at radius 2 is 2.03 bits per heavy atom. The number of nitrogens with zero attached hydrogens (tertiary/aromatic N) is 2. The van der Waals surface area contributed by atoms with Gasteiger partial charge in [-0.1, -0.05) is 0 Å². The highest BCUT2D eigenvalue weighted by Crippen LogP contribution is 2.50. The van der Waals surface area contributed by atoms with Crippen LogP contribution in [0.5, 0.6) is 5.88 Å². The molecule has 0 radical (unpaired) electrons.